The zero-order valence-corrected chi connectivity index (χ0v) is 24.1. The third-order valence-electron chi connectivity index (χ3n) is 4.81. The number of nitrogens with zero attached hydrogens (tertiary/aromatic N) is 2. The molecule has 6 nitrogen and oxygen atoms in total. The summed E-state index contributed by atoms with van der Waals surface area (Å²) in [6.45, 7) is 17.9. The maximum absolute atomic E-state index is 12.7. The molecule has 0 aromatic heterocycles. The van der Waals surface area contributed by atoms with Gasteiger partial charge in [-0.15, -0.1) is 13.2 Å². The van der Waals surface area contributed by atoms with Crippen LogP contribution in [0.3, 0.4) is 0 Å². The fourth-order valence-corrected chi connectivity index (χ4v) is 3.09. The van der Waals surface area contributed by atoms with Crippen LogP contribution < -0.4 is 10.2 Å². The molecule has 1 saturated heterocycles. The van der Waals surface area contributed by atoms with Crippen molar-refractivity contribution in [3.8, 4) is 0 Å². The van der Waals surface area contributed by atoms with Crippen LogP contribution in [0.2, 0.25) is 4.87 Å². The van der Waals surface area contributed by atoms with Gasteiger partial charge in [-0.2, -0.15) is 0 Å². The first-order chi connectivity index (χ1) is 15.9. The first-order valence-electron chi connectivity index (χ1n) is 11.8. The SMILES string of the molecule is C=C.CCC.CCCCC(=O)N(C)C(=O)C(=O)c1ccc(N2CCNCC2)cc1CC.[CH3][Sb]. The standard InChI is InChI=1S/C20H29N3O3.C3H8.C2H4.CH3.Sb/c1-4-6-7-18(24)22(3)20(26)19(25)17-9-8-16(14-15(17)5-2)23-12-10-21-11-13-23;1-3-2;1-2;;/h8-9,14,21H,4-7,10-13H2,1-3H3;3H2,1-2H3;1-2H2;1H3;. The third-order valence-corrected chi connectivity index (χ3v) is 4.81. The van der Waals surface area contributed by atoms with Gasteiger partial charge in [0.1, 0.15) is 0 Å². The fraction of sp³-hybridized carbons (Fsp3) is 0.577. The number of piperazine rings is 1. The minimum atomic E-state index is -0.754. The summed E-state index contributed by atoms with van der Waals surface area (Å²) in [4.78, 5) is 42.4. The van der Waals surface area contributed by atoms with E-state index < -0.39 is 11.7 Å². The molecule has 186 valence electrons. The van der Waals surface area contributed by atoms with Crippen molar-refractivity contribution < 1.29 is 14.4 Å². The first kappa shape index (κ1) is 33.5. The van der Waals surface area contributed by atoms with Gasteiger partial charge in [-0.1, -0.05) is 40.5 Å². The molecule has 0 saturated carbocycles. The monoisotopic (exact) mass is 567 g/mol. The van der Waals surface area contributed by atoms with Crippen LogP contribution in [0.25, 0.3) is 0 Å². The summed E-state index contributed by atoms with van der Waals surface area (Å²) in [5, 5.41) is 3.32. The summed E-state index contributed by atoms with van der Waals surface area (Å²) in [5.74, 6) is -1.67. The molecule has 2 rings (SSSR count). The van der Waals surface area contributed by atoms with Crippen molar-refractivity contribution in [2.45, 2.75) is 64.7 Å². The number of aryl methyl sites for hydroxylation is 1. The molecular weight excluding hydrogens is 524 g/mol. The molecule has 1 aromatic carbocycles. The Morgan fingerprint density at radius 2 is 1.61 bits per heavy atom. The molecule has 1 fully saturated rings. The predicted octanol–water partition coefficient (Wildman–Crippen LogP) is 4.44. The Labute approximate surface area is 215 Å². The first-order valence-corrected chi connectivity index (χ1v) is 14.3. The molecule has 1 aromatic rings. The average Bonchev–Trinajstić information content (AvgIpc) is 2.88. The zero-order chi connectivity index (χ0) is 25.8. The van der Waals surface area contributed by atoms with Crippen LogP contribution in [-0.2, 0) is 16.0 Å². The predicted molar refractivity (Wildman–Crippen MR) is 141 cm³/mol. The maximum atomic E-state index is 12.7. The molecule has 0 aliphatic carbocycles. The van der Waals surface area contributed by atoms with E-state index in [2.05, 4.69) is 42.1 Å². The van der Waals surface area contributed by atoms with E-state index in [1.54, 1.807) is 29.1 Å². The van der Waals surface area contributed by atoms with Gasteiger partial charge >= 0.3 is 33.8 Å². The van der Waals surface area contributed by atoms with Gasteiger partial charge in [-0.05, 0) is 36.6 Å². The number of nitrogens with one attached hydrogen (secondary N) is 1. The van der Waals surface area contributed by atoms with Crippen molar-refractivity contribution in [1.29, 1.82) is 0 Å². The number of hydrogen-bond acceptors (Lipinski definition) is 5. The van der Waals surface area contributed by atoms with E-state index >= 15 is 0 Å². The van der Waals surface area contributed by atoms with Crippen LogP contribution in [0.4, 0.5) is 5.69 Å². The minimum absolute atomic E-state index is 0.286. The van der Waals surface area contributed by atoms with E-state index in [-0.39, 0.29) is 12.3 Å². The number of anilines is 1. The van der Waals surface area contributed by atoms with Crippen LogP contribution in [-0.4, -0.2) is 78.7 Å². The van der Waals surface area contributed by atoms with Crippen molar-refractivity contribution in [3.63, 3.8) is 0 Å². The molecule has 0 unspecified atom stereocenters. The molecule has 1 aliphatic heterocycles. The van der Waals surface area contributed by atoms with Gasteiger partial charge in [-0.25, -0.2) is 0 Å². The van der Waals surface area contributed by atoms with Crippen LogP contribution in [0, 0.1) is 0 Å². The number of Topliss-reactive ketones (excluding diaryl/α,β-unsaturated/α-hetero) is 1. The number of carbonyl (C=O) groups is 3. The van der Waals surface area contributed by atoms with Crippen LogP contribution >= 0.6 is 0 Å². The number of ketones is 1. The van der Waals surface area contributed by atoms with E-state index in [4.69, 9.17) is 0 Å². The van der Waals surface area contributed by atoms with E-state index in [1.807, 2.05) is 26.0 Å². The number of carbonyl (C=O) groups excluding carboxylic acids is 3. The molecule has 0 bridgehead atoms. The second kappa shape index (κ2) is 20.9. The quantitative estimate of drug-likeness (QED) is 0.228. The Balaban J connectivity index is 0. The molecule has 0 spiro atoms. The van der Waals surface area contributed by atoms with Crippen molar-refractivity contribution in [2.24, 2.45) is 0 Å². The number of benzene rings is 1. The third kappa shape index (κ3) is 11.9. The fourth-order valence-electron chi connectivity index (χ4n) is 3.09. The Morgan fingerprint density at radius 3 is 2.09 bits per heavy atom. The molecule has 1 N–H and O–H groups in total. The Morgan fingerprint density at radius 1 is 1.06 bits per heavy atom. The van der Waals surface area contributed by atoms with Crippen molar-refractivity contribution >= 4 is 46.3 Å². The van der Waals surface area contributed by atoms with Gasteiger partial charge in [-0.3, -0.25) is 19.3 Å². The second-order valence-corrected chi connectivity index (χ2v) is 7.33. The summed E-state index contributed by atoms with van der Waals surface area (Å²) < 4.78 is 0. The number of rotatable bonds is 7. The zero-order valence-electron chi connectivity index (χ0n) is 21.6. The summed E-state index contributed by atoms with van der Waals surface area (Å²) in [6.07, 6.45) is 3.77. The summed E-state index contributed by atoms with van der Waals surface area (Å²) in [5.41, 5.74) is 2.31. The number of unbranched alkanes of at least 4 members (excludes halogenated alkanes) is 1. The van der Waals surface area contributed by atoms with Crippen molar-refractivity contribution in [1.82, 2.24) is 10.2 Å². The second-order valence-electron chi connectivity index (χ2n) is 7.33. The number of imide groups is 1. The van der Waals surface area contributed by atoms with Crippen LogP contribution in [0.15, 0.2) is 31.4 Å². The summed E-state index contributed by atoms with van der Waals surface area (Å²) in [7, 11) is 1.39. The van der Waals surface area contributed by atoms with E-state index in [0.29, 0.717) is 18.4 Å². The van der Waals surface area contributed by atoms with Gasteiger partial charge in [0, 0.05) is 50.9 Å². The number of amides is 2. The van der Waals surface area contributed by atoms with Gasteiger partial charge < -0.3 is 10.2 Å². The molecule has 33 heavy (non-hydrogen) atoms. The molecule has 0 atom stereocenters. The molecule has 2 amide bonds. The van der Waals surface area contributed by atoms with Gasteiger partial charge in [0.25, 0.3) is 5.78 Å². The van der Waals surface area contributed by atoms with Gasteiger partial charge in [0.05, 0.1) is 0 Å². The molecule has 1 aliphatic rings. The molecule has 1 heterocycles. The van der Waals surface area contributed by atoms with Crippen LogP contribution in [0.5, 0.6) is 0 Å². The van der Waals surface area contributed by atoms with Crippen molar-refractivity contribution in [3.05, 3.63) is 42.5 Å². The Bertz CT molecular complexity index is 704. The van der Waals surface area contributed by atoms with Crippen molar-refractivity contribution in [2.75, 3.05) is 38.1 Å². The summed E-state index contributed by atoms with van der Waals surface area (Å²) in [6, 6.07) is 5.61. The topological polar surface area (TPSA) is 69.7 Å². The van der Waals surface area contributed by atoms with Crippen LogP contribution in [0.1, 0.15) is 69.3 Å². The Kier molecular flexibility index (Phi) is 21.3. The normalized spacial score (nSPS) is 12.0. The molecular formula is C26H44N3O3Sb. The molecule has 2 radical (unpaired) electrons. The average molecular weight is 568 g/mol. The summed E-state index contributed by atoms with van der Waals surface area (Å²) >= 11 is 1.75. The van der Waals surface area contributed by atoms with E-state index in [1.165, 1.54) is 13.5 Å². The van der Waals surface area contributed by atoms with E-state index in [0.717, 1.165) is 48.8 Å². The number of hydrogen-bond donors (Lipinski definition) is 1. The Hall–Kier alpha value is -1.65. The van der Waals surface area contributed by atoms with E-state index in [9.17, 15) is 14.4 Å². The molecule has 7 heteroatoms. The number of likely N-dealkylation sites (N-methyl/N-ethyl adjacent to an activating group) is 1. The van der Waals surface area contributed by atoms with Gasteiger partial charge in [0.2, 0.25) is 5.91 Å². The van der Waals surface area contributed by atoms with Gasteiger partial charge in [0.15, 0.2) is 0 Å².